The molecule has 1 aromatic carbocycles. The van der Waals surface area contributed by atoms with Crippen LogP contribution < -0.4 is 0 Å². The van der Waals surface area contributed by atoms with Crippen LogP contribution in [0.4, 0.5) is 0 Å². The van der Waals surface area contributed by atoms with Gasteiger partial charge in [-0.25, -0.2) is 4.68 Å². The van der Waals surface area contributed by atoms with E-state index in [1.807, 2.05) is 82.6 Å². The number of carbonyl (C=O) groups excluding carboxylic acids is 1. The number of rotatable bonds is 4. The van der Waals surface area contributed by atoms with Gasteiger partial charge in [0.25, 0.3) is 5.91 Å². The Balaban J connectivity index is 1.48. The van der Waals surface area contributed by atoms with Crippen molar-refractivity contribution >= 4 is 11.4 Å². The van der Waals surface area contributed by atoms with E-state index in [0.717, 1.165) is 54.1 Å². The summed E-state index contributed by atoms with van der Waals surface area (Å²) in [5.74, 6) is 0.106. The molecule has 0 N–H and O–H groups in total. The standard InChI is InChI=1S/C25H27N5O/c1-27(2)19-11-15-28(16-12-19)25(31)21-18-24(29-14-7-6-10-23(21)29)22-13-17-30(26-22)20-8-4-3-5-9-20/h3-10,13-14,17-19H,11-12,15-16H2,1-2H3. The van der Waals surface area contributed by atoms with Crippen molar-refractivity contribution in [1.29, 1.82) is 0 Å². The number of pyridine rings is 1. The average Bonchev–Trinajstić information content (AvgIpc) is 3.44. The number of nitrogens with zero attached hydrogens (tertiary/aromatic N) is 5. The second-order valence-corrected chi connectivity index (χ2v) is 8.37. The number of hydrogen-bond acceptors (Lipinski definition) is 3. The van der Waals surface area contributed by atoms with E-state index in [2.05, 4.69) is 23.4 Å². The van der Waals surface area contributed by atoms with Gasteiger partial charge in [0.1, 0.15) is 5.69 Å². The molecule has 6 nitrogen and oxygen atoms in total. The topological polar surface area (TPSA) is 45.8 Å². The highest BCUT2D eigenvalue weighted by molar-refractivity contribution is 6.02. The maximum Gasteiger partial charge on any atom is 0.256 e. The molecule has 4 aromatic rings. The first-order valence-electron chi connectivity index (χ1n) is 10.8. The molecule has 158 valence electrons. The molecule has 0 spiro atoms. The Morgan fingerprint density at radius 3 is 2.45 bits per heavy atom. The smallest absolute Gasteiger partial charge is 0.256 e. The Hall–Kier alpha value is -3.38. The van der Waals surface area contributed by atoms with Crippen LogP contribution in [0.1, 0.15) is 23.2 Å². The molecule has 1 fully saturated rings. The van der Waals surface area contributed by atoms with Crippen LogP contribution in [-0.4, -0.2) is 63.1 Å². The number of benzene rings is 1. The van der Waals surface area contributed by atoms with Crippen LogP contribution in [-0.2, 0) is 0 Å². The number of fused-ring (bicyclic) bond motifs is 1. The fraction of sp³-hybridized carbons (Fsp3) is 0.280. The van der Waals surface area contributed by atoms with Crippen molar-refractivity contribution in [3.8, 4) is 17.1 Å². The molecule has 1 aliphatic rings. The number of amides is 1. The Morgan fingerprint density at radius 1 is 0.968 bits per heavy atom. The molecule has 1 saturated heterocycles. The van der Waals surface area contributed by atoms with Gasteiger partial charge in [-0.05, 0) is 63.3 Å². The molecular weight excluding hydrogens is 386 g/mol. The van der Waals surface area contributed by atoms with Crippen molar-refractivity contribution in [3.63, 3.8) is 0 Å². The van der Waals surface area contributed by atoms with Crippen LogP contribution in [0, 0.1) is 0 Å². The summed E-state index contributed by atoms with van der Waals surface area (Å²) in [6.07, 6.45) is 5.99. The molecule has 4 heterocycles. The Labute approximate surface area is 182 Å². The van der Waals surface area contributed by atoms with E-state index < -0.39 is 0 Å². The highest BCUT2D eigenvalue weighted by Crippen LogP contribution is 2.28. The minimum Gasteiger partial charge on any atom is -0.338 e. The molecule has 1 aliphatic heterocycles. The molecule has 0 aliphatic carbocycles. The summed E-state index contributed by atoms with van der Waals surface area (Å²) in [5, 5.41) is 4.78. The first kappa shape index (κ1) is 19.6. The summed E-state index contributed by atoms with van der Waals surface area (Å²) in [7, 11) is 4.23. The number of carbonyl (C=O) groups is 1. The third-order valence-electron chi connectivity index (χ3n) is 6.26. The van der Waals surface area contributed by atoms with Crippen molar-refractivity contribution in [2.45, 2.75) is 18.9 Å². The third kappa shape index (κ3) is 3.64. The Bertz CT molecular complexity index is 1200. The number of aromatic nitrogens is 3. The average molecular weight is 414 g/mol. The predicted molar refractivity (Wildman–Crippen MR) is 123 cm³/mol. The summed E-state index contributed by atoms with van der Waals surface area (Å²) in [6.45, 7) is 1.59. The van der Waals surface area contributed by atoms with Crippen molar-refractivity contribution in [2.75, 3.05) is 27.2 Å². The minimum absolute atomic E-state index is 0.106. The van der Waals surface area contributed by atoms with Crippen molar-refractivity contribution in [3.05, 3.63) is 78.6 Å². The lowest BCUT2D eigenvalue weighted by Gasteiger charge is -2.35. The zero-order valence-electron chi connectivity index (χ0n) is 18.0. The van der Waals surface area contributed by atoms with Gasteiger partial charge in [0.15, 0.2) is 0 Å². The van der Waals surface area contributed by atoms with E-state index in [9.17, 15) is 4.79 Å². The number of likely N-dealkylation sites (tertiary alicyclic amines) is 1. The van der Waals surface area contributed by atoms with Gasteiger partial charge in [-0.2, -0.15) is 5.10 Å². The summed E-state index contributed by atoms with van der Waals surface area (Å²) in [5.41, 5.74) is 4.45. The normalized spacial score (nSPS) is 15.1. The van der Waals surface area contributed by atoms with Gasteiger partial charge in [0.05, 0.1) is 22.5 Å². The number of para-hydroxylation sites is 1. The molecule has 5 rings (SSSR count). The van der Waals surface area contributed by atoms with Gasteiger partial charge in [-0.15, -0.1) is 0 Å². The van der Waals surface area contributed by atoms with Gasteiger partial charge in [-0.3, -0.25) is 4.79 Å². The Morgan fingerprint density at radius 2 is 1.71 bits per heavy atom. The fourth-order valence-corrected chi connectivity index (χ4v) is 4.46. The maximum atomic E-state index is 13.4. The van der Waals surface area contributed by atoms with Crippen LogP contribution in [0.25, 0.3) is 22.6 Å². The van der Waals surface area contributed by atoms with Gasteiger partial charge >= 0.3 is 0 Å². The van der Waals surface area contributed by atoms with Crippen LogP contribution in [0.3, 0.4) is 0 Å². The van der Waals surface area contributed by atoms with Crippen LogP contribution in [0.5, 0.6) is 0 Å². The Kier molecular flexibility index (Phi) is 5.08. The van der Waals surface area contributed by atoms with Gasteiger partial charge in [0, 0.05) is 31.5 Å². The molecule has 0 saturated carbocycles. The maximum absolute atomic E-state index is 13.4. The second-order valence-electron chi connectivity index (χ2n) is 8.37. The van der Waals surface area contributed by atoms with E-state index >= 15 is 0 Å². The summed E-state index contributed by atoms with van der Waals surface area (Å²) >= 11 is 0. The SMILES string of the molecule is CN(C)C1CCN(C(=O)c2cc(-c3ccn(-c4ccccc4)n3)n3ccccc23)CC1. The predicted octanol–water partition coefficient (Wildman–Crippen LogP) is 3.96. The third-order valence-corrected chi connectivity index (χ3v) is 6.26. The van der Waals surface area contributed by atoms with Gasteiger partial charge < -0.3 is 14.2 Å². The van der Waals surface area contributed by atoms with Crippen molar-refractivity contribution in [1.82, 2.24) is 24.0 Å². The van der Waals surface area contributed by atoms with E-state index in [1.165, 1.54) is 0 Å². The zero-order chi connectivity index (χ0) is 21.4. The molecule has 0 radical (unpaired) electrons. The summed E-state index contributed by atoms with van der Waals surface area (Å²) < 4.78 is 3.93. The highest BCUT2D eigenvalue weighted by Gasteiger charge is 2.27. The molecular formula is C25H27N5O. The molecule has 31 heavy (non-hydrogen) atoms. The summed E-state index contributed by atoms with van der Waals surface area (Å²) in [4.78, 5) is 17.7. The monoisotopic (exact) mass is 413 g/mol. The highest BCUT2D eigenvalue weighted by atomic mass is 16.2. The molecule has 6 heteroatoms. The van der Waals surface area contributed by atoms with Gasteiger partial charge in [-0.1, -0.05) is 24.3 Å². The summed E-state index contributed by atoms with van der Waals surface area (Å²) in [6, 6.07) is 20.6. The van der Waals surface area contributed by atoms with E-state index in [0.29, 0.717) is 6.04 Å². The first-order valence-corrected chi connectivity index (χ1v) is 10.8. The zero-order valence-corrected chi connectivity index (χ0v) is 18.0. The quantitative estimate of drug-likeness (QED) is 0.509. The lowest BCUT2D eigenvalue weighted by atomic mass is 10.0. The second kappa shape index (κ2) is 8.04. The molecule has 0 bridgehead atoms. The van der Waals surface area contributed by atoms with Gasteiger partial charge in [0.2, 0.25) is 0 Å². The lowest BCUT2D eigenvalue weighted by molar-refractivity contribution is 0.0665. The largest absolute Gasteiger partial charge is 0.338 e. The van der Waals surface area contributed by atoms with Crippen LogP contribution in [0.2, 0.25) is 0 Å². The van der Waals surface area contributed by atoms with Crippen LogP contribution >= 0.6 is 0 Å². The first-order chi connectivity index (χ1) is 15.1. The fourth-order valence-electron chi connectivity index (χ4n) is 4.46. The van der Waals surface area contributed by atoms with Crippen molar-refractivity contribution in [2.24, 2.45) is 0 Å². The van der Waals surface area contributed by atoms with Crippen molar-refractivity contribution < 1.29 is 4.79 Å². The molecule has 0 atom stereocenters. The number of piperidine rings is 1. The lowest BCUT2D eigenvalue weighted by Crippen LogP contribution is -2.44. The van der Waals surface area contributed by atoms with Crippen LogP contribution in [0.15, 0.2) is 73.1 Å². The molecule has 3 aromatic heterocycles. The molecule has 0 unspecified atom stereocenters. The number of hydrogen-bond donors (Lipinski definition) is 0. The van der Waals surface area contributed by atoms with E-state index in [4.69, 9.17) is 5.10 Å². The minimum atomic E-state index is 0.106. The van der Waals surface area contributed by atoms with E-state index in [-0.39, 0.29) is 5.91 Å². The van der Waals surface area contributed by atoms with E-state index in [1.54, 1.807) is 0 Å². The molecule has 1 amide bonds.